The molecule has 4 atom stereocenters. The molecule has 3 aliphatic heterocycles. The van der Waals surface area contributed by atoms with Gasteiger partial charge in [0.05, 0.1) is 24.0 Å². The lowest BCUT2D eigenvalue weighted by Crippen LogP contribution is -2.54. The monoisotopic (exact) mass is 821 g/mol. The van der Waals surface area contributed by atoms with Crippen molar-refractivity contribution in [1.82, 2.24) is 30.4 Å². The smallest absolute Gasteiger partial charge is 0.408 e. The normalized spacial score (nSPS) is 19.3. The molecular weight excluding hydrogens is 759 g/mol. The number of aliphatic imine (C=N–C) groups is 1. The van der Waals surface area contributed by atoms with E-state index in [1.165, 1.54) is 0 Å². The first-order valence-corrected chi connectivity index (χ1v) is 21.4. The third kappa shape index (κ3) is 10.6. The number of carbonyl (C=O) groups is 4. The summed E-state index contributed by atoms with van der Waals surface area (Å²) < 4.78 is 10.9. The van der Waals surface area contributed by atoms with Gasteiger partial charge in [-0.2, -0.15) is 0 Å². The third-order valence-electron chi connectivity index (χ3n) is 11.1. The predicted molar refractivity (Wildman–Crippen MR) is 234 cm³/mol. The molecule has 1 unspecified atom stereocenters. The van der Waals surface area contributed by atoms with Crippen molar-refractivity contribution in [3.05, 3.63) is 72.3 Å². The van der Waals surface area contributed by atoms with Crippen LogP contribution in [-0.2, 0) is 19.1 Å². The second-order valence-electron chi connectivity index (χ2n) is 18.9. The summed E-state index contributed by atoms with van der Waals surface area (Å²) >= 11 is 0. The van der Waals surface area contributed by atoms with Crippen molar-refractivity contribution < 1.29 is 28.7 Å². The molecule has 1 aromatic heterocycles. The number of hydrogen-bond acceptors (Lipinski definition) is 8. The lowest BCUT2D eigenvalue weighted by atomic mass is 9.95. The summed E-state index contributed by atoms with van der Waals surface area (Å²) in [6, 6.07) is 15.1. The number of H-pyrrole nitrogens is 1. The summed E-state index contributed by atoms with van der Waals surface area (Å²) in [6.45, 7) is 19.7. The SMILES string of the molecule is CC(C)[C@H](NC(=O)OC(C)(C)C)C(=O)N1CCCC1c1ncc(-c2ccc(-c3ccc(C4=CN=C([C@@H]5CCCN5C(=O)[C@@H](NC(=O)OC(C)(C)C)C(C)C)C4)cc3)cc2)[nH]1. The highest BCUT2D eigenvalue weighted by Crippen LogP contribution is 2.35. The number of allylic oxidation sites excluding steroid dienone is 1. The molecule has 2 fully saturated rings. The van der Waals surface area contributed by atoms with E-state index in [9.17, 15) is 19.2 Å². The second-order valence-corrected chi connectivity index (χ2v) is 18.9. The van der Waals surface area contributed by atoms with E-state index < -0.39 is 35.5 Å². The van der Waals surface area contributed by atoms with Crippen LogP contribution in [0.2, 0.25) is 0 Å². The molecule has 4 heterocycles. The number of nitrogens with zero attached hydrogens (tertiary/aromatic N) is 4. The van der Waals surface area contributed by atoms with E-state index in [-0.39, 0.29) is 35.7 Å². The Kier molecular flexibility index (Phi) is 13.3. The van der Waals surface area contributed by atoms with Crippen molar-refractivity contribution >= 4 is 35.3 Å². The highest BCUT2D eigenvalue weighted by Gasteiger charge is 2.40. The summed E-state index contributed by atoms with van der Waals surface area (Å²) in [6.07, 6.45) is 6.55. The molecule has 0 radical (unpaired) electrons. The fraction of sp³-hybridized carbons (Fsp3) is 0.532. The summed E-state index contributed by atoms with van der Waals surface area (Å²) in [5, 5.41) is 5.63. The van der Waals surface area contributed by atoms with Gasteiger partial charge < -0.3 is 34.9 Å². The molecule has 0 spiro atoms. The number of ether oxygens (including phenoxy) is 2. The summed E-state index contributed by atoms with van der Waals surface area (Å²) in [7, 11) is 0. The Balaban J connectivity index is 1.06. The lowest BCUT2D eigenvalue weighted by Gasteiger charge is -2.32. The van der Waals surface area contributed by atoms with Crippen molar-refractivity contribution in [3.63, 3.8) is 0 Å². The zero-order valence-electron chi connectivity index (χ0n) is 36.9. The van der Waals surface area contributed by atoms with Crippen LogP contribution >= 0.6 is 0 Å². The largest absolute Gasteiger partial charge is 0.444 e. The van der Waals surface area contributed by atoms with Crippen LogP contribution in [0.5, 0.6) is 0 Å². The average Bonchev–Trinajstić information content (AvgIpc) is 4.01. The van der Waals surface area contributed by atoms with Gasteiger partial charge in [-0.15, -0.1) is 0 Å². The van der Waals surface area contributed by atoms with Crippen molar-refractivity contribution in [2.75, 3.05) is 13.1 Å². The highest BCUT2D eigenvalue weighted by atomic mass is 16.6. The maximum absolute atomic E-state index is 13.8. The zero-order chi connectivity index (χ0) is 43.5. The first-order valence-electron chi connectivity index (χ1n) is 21.4. The molecule has 13 nitrogen and oxygen atoms in total. The molecule has 0 aliphatic carbocycles. The van der Waals surface area contributed by atoms with Crippen molar-refractivity contribution in [3.8, 4) is 22.4 Å². The van der Waals surface area contributed by atoms with Gasteiger partial charge in [0.25, 0.3) is 0 Å². The average molecular weight is 822 g/mol. The van der Waals surface area contributed by atoms with E-state index in [4.69, 9.17) is 19.5 Å². The number of hydrogen-bond donors (Lipinski definition) is 3. The Labute approximate surface area is 354 Å². The van der Waals surface area contributed by atoms with Gasteiger partial charge in [-0.05, 0) is 107 Å². The maximum atomic E-state index is 13.8. The van der Waals surface area contributed by atoms with Crippen molar-refractivity contribution in [1.29, 1.82) is 0 Å². The Morgan fingerprint density at radius 1 is 0.683 bits per heavy atom. The number of nitrogens with one attached hydrogen (secondary N) is 3. The number of benzene rings is 2. The Morgan fingerprint density at radius 2 is 1.13 bits per heavy atom. The van der Waals surface area contributed by atoms with Crippen LogP contribution < -0.4 is 10.6 Å². The molecule has 3 aromatic rings. The van der Waals surface area contributed by atoms with Gasteiger partial charge in [0.1, 0.15) is 29.1 Å². The Morgan fingerprint density at radius 3 is 1.62 bits per heavy atom. The van der Waals surface area contributed by atoms with E-state index in [0.29, 0.717) is 19.5 Å². The third-order valence-corrected chi connectivity index (χ3v) is 11.1. The van der Waals surface area contributed by atoms with Gasteiger partial charge in [-0.1, -0.05) is 76.2 Å². The van der Waals surface area contributed by atoms with Gasteiger partial charge in [0.15, 0.2) is 0 Å². The van der Waals surface area contributed by atoms with E-state index in [1.54, 1.807) is 41.5 Å². The lowest BCUT2D eigenvalue weighted by molar-refractivity contribution is -0.136. The second kappa shape index (κ2) is 18.0. The highest BCUT2D eigenvalue weighted by molar-refractivity contribution is 6.04. The molecule has 2 saturated heterocycles. The van der Waals surface area contributed by atoms with Gasteiger partial charge in [-0.25, -0.2) is 14.6 Å². The molecule has 3 aliphatic rings. The molecule has 6 rings (SSSR count). The molecule has 13 heteroatoms. The molecule has 60 heavy (non-hydrogen) atoms. The first kappa shape index (κ1) is 44.1. The first-order chi connectivity index (χ1) is 28.3. The fourth-order valence-corrected chi connectivity index (χ4v) is 8.14. The molecule has 0 saturated carbocycles. The fourth-order valence-electron chi connectivity index (χ4n) is 8.14. The van der Waals surface area contributed by atoms with Crippen molar-refractivity contribution in [2.24, 2.45) is 16.8 Å². The molecule has 322 valence electrons. The Bertz CT molecular complexity index is 2090. The number of likely N-dealkylation sites (tertiary alicyclic amines) is 2. The van der Waals surface area contributed by atoms with Crippen molar-refractivity contribution in [2.45, 2.75) is 137 Å². The standard InChI is InChI=1S/C47H63N7O6/c1-28(2)39(51-44(57)59-46(5,6)7)42(55)53-23-11-13-37(53)35-25-34(26-48-35)32-17-15-30(16-18-32)31-19-21-33(22-20-31)36-27-49-41(50-36)38-14-12-24-54(38)43(56)40(29(3)4)52-45(58)60-47(8,9)10/h15-22,26-29,37-40H,11-14,23-25H2,1-10H3,(H,49,50)(H,51,57)(H,52,58)/t37-,38?,39-,40-/m0/s1. The van der Waals surface area contributed by atoms with Gasteiger partial charge in [0, 0.05) is 31.4 Å². The minimum Gasteiger partial charge on any atom is -0.444 e. The van der Waals surface area contributed by atoms with Crippen LogP contribution in [-0.4, -0.2) is 91.9 Å². The van der Waals surface area contributed by atoms with E-state index >= 15 is 0 Å². The number of imidazole rings is 1. The van der Waals surface area contributed by atoms with Crippen LogP contribution in [0.1, 0.15) is 119 Å². The molecule has 2 aromatic carbocycles. The molecular formula is C47H63N7O6. The number of alkyl carbamates (subject to hydrolysis) is 2. The minimum absolute atomic E-state index is 0.101. The Hall–Kier alpha value is -5.46. The van der Waals surface area contributed by atoms with Crippen LogP contribution in [0.25, 0.3) is 28.0 Å². The summed E-state index contributed by atoms with van der Waals surface area (Å²) in [4.78, 5) is 69.5. The minimum atomic E-state index is -0.711. The predicted octanol–water partition coefficient (Wildman–Crippen LogP) is 8.68. The van der Waals surface area contributed by atoms with Crippen LogP contribution in [0.15, 0.2) is 65.9 Å². The number of amides is 4. The zero-order valence-corrected chi connectivity index (χ0v) is 36.9. The van der Waals surface area contributed by atoms with E-state index in [0.717, 1.165) is 70.7 Å². The van der Waals surface area contributed by atoms with E-state index in [2.05, 4.69) is 64.1 Å². The topological polar surface area (TPSA) is 158 Å². The number of aromatic amines is 1. The number of rotatable bonds is 11. The number of carbonyl (C=O) groups excluding carboxylic acids is 4. The number of aromatic nitrogens is 2. The quantitative estimate of drug-likeness (QED) is 0.175. The van der Waals surface area contributed by atoms with Gasteiger partial charge in [-0.3, -0.25) is 14.6 Å². The van der Waals surface area contributed by atoms with E-state index in [1.807, 2.05) is 49.9 Å². The van der Waals surface area contributed by atoms with Crippen LogP contribution in [0, 0.1) is 11.8 Å². The molecule has 4 amide bonds. The van der Waals surface area contributed by atoms with Crippen LogP contribution in [0.3, 0.4) is 0 Å². The van der Waals surface area contributed by atoms with Gasteiger partial charge in [0.2, 0.25) is 11.8 Å². The summed E-state index contributed by atoms with van der Waals surface area (Å²) in [5.41, 5.74) is 5.85. The van der Waals surface area contributed by atoms with Gasteiger partial charge >= 0.3 is 12.2 Å². The van der Waals surface area contributed by atoms with Crippen LogP contribution in [0.4, 0.5) is 9.59 Å². The molecule has 3 N–H and O–H groups in total. The summed E-state index contributed by atoms with van der Waals surface area (Å²) in [5.74, 6) is 0.262. The maximum Gasteiger partial charge on any atom is 0.408 e. The molecule has 0 bridgehead atoms.